The van der Waals surface area contributed by atoms with Crippen LogP contribution in [0.4, 0.5) is 5.69 Å². The fourth-order valence-electron chi connectivity index (χ4n) is 3.06. The van der Waals surface area contributed by atoms with Crippen LogP contribution in [0.1, 0.15) is 27.6 Å². The van der Waals surface area contributed by atoms with Crippen molar-refractivity contribution in [3.63, 3.8) is 0 Å². The van der Waals surface area contributed by atoms with Gasteiger partial charge in [-0.25, -0.2) is 0 Å². The highest BCUT2D eigenvalue weighted by atomic mass is 35.5. The first-order valence-corrected chi connectivity index (χ1v) is 8.53. The van der Waals surface area contributed by atoms with Crippen LogP contribution >= 0.6 is 12.4 Å². The summed E-state index contributed by atoms with van der Waals surface area (Å²) in [6.45, 7) is 4.30. The van der Waals surface area contributed by atoms with Gasteiger partial charge in [-0.1, -0.05) is 24.3 Å². The second-order valence-electron chi connectivity index (χ2n) is 6.33. The molecule has 6 heteroatoms. The zero-order chi connectivity index (χ0) is 17.8. The van der Waals surface area contributed by atoms with E-state index < -0.39 is 0 Å². The fraction of sp³-hybridized carbons (Fsp3) is 0.300. The van der Waals surface area contributed by atoms with Gasteiger partial charge in [-0.2, -0.15) is 0 Å². The van der Waals surface area contributed by atoms with Gasteiger partial charge in [0.1, 0.15) is 0 Å². The molecule has 138 valence electrons. The first-order valence-electron chi connectivity index (χ1n) is 8.53. The number of anilines is 1. The maximum Gasteiger partial charge on any atom is 0.258 e. The molecule has 1 saturated heterocycles. The Morgan fingerprint density at radius 3 is 2.46 bits per heavy atom. The molecule has 1 N–H and O–H groups in total. The van der Waals surface area contributed by atoms with Crippen LogP contribution in [0, 0.1) is 0 Å². The highest BCUT2D eigenvalue weighted by Gasteiger charge is 2.24. The third-order valence-electron chi connectivity index (χ3n) is 4.57. The SMILES string of the molecule is C[C@H]1CNCCN1C(=O)c1cccc(C(=O)N(C)c2ccccc2)c1.Cl. The molecular weight excluding hydrogens is 350 g/mol. The highest BCUT2D eigenvalue weighted by Crippen LogP contribution is 2.17. The van der Waals surface area contributed by atoms with Crippen molar-refractivity contribution in [3.05, 3.63) is 65.7 Å². The molecular formula is C20H24ClN3O2. The molecule has 0 saturated carbocycles. The number of hydrogen-bond donors (Lipinski definition) is 1. The van der Waals surface area contributed by atoms with E-state index in [1.165, 1.54) is 0 Å². The largest absolute Gasteiger partial charge is 0.333 e. The molecule has 3 rings (SSSR count). The number of carbonyl (C=O) groups excluding carboxylic acids is 2. The summed E-state index contributed by atoms with van der Waals surface area (Å²) in [6, 6.07) is 16.6. The zero-order valence-electron chi connectivity index (χ0n) is 15.0. The standard InChI is InChI=1S/C20H23N3O2.ClH/c1-15-14-21-11-12-23(15)20(25)17-8-6-7-16(13-17)19(24)22(2)18-9-4-3-5-10-18;/h3-10,13,15,21H,11-12,14H2,1-2H3;1H/t15-;/m0./s1. The second kappa shape index (κ2) is 8.83. The predicted molar refractivity (Wildman–Crippen MR) is 106 cm³/mol. The Morgan fingerprint density at radius 1 is 1.08 bits per heavy atom. The number of halogens is 1. The molecule has 5 nitrogen and oxygen atoms in total. The van der Waals surface area contributed by atoms with Gasteiger partial charge in [0.25, 0.3) is 11.8 Å². The van der Waals surface area contributed by atoms with Crippen molar-refractivity contribution in [1.82, 2.24) is 10.2 Å². The summed E-state index contributed by atoms with van der Waals surface area (Å²) in [5.41, 5.74) is 1.89. The monoisotopic (exact) mass is 373 g/mol. The molecule has 1 fully saturated rings. The number of carbonyl (C=O) groups is 2. The summed E-state index contributed by atoms with van der Waals surface area (Å²) >= 11 is 0. The molecule has 1 aliphatic heterocycles. The van der Waals surface area contributed by atoms with Crippen molar-refractivity contribution in [1.29, 1.82) is 0 Å². The minimum absolute atomic E-state index is 0. The molecule has 26 heavy (non-hydrogen) atoms. The molecule has 1 atom stereocenters. The van der Waals surface area contributed by atoms with E-state index in [1.807, 2.05) is 42.2 Å². The number of rotatable bonds is 3. The Hall–Kier alpha value is -2.37. The van der Waals surface area contributed by atoms with Gasteiger partial charge in [-0.05, 0) is 37.3 Å². The fourth-order valence-corrected chi connectivity index (χ4v) is 3.06. The molecule has 2 aromatic rings. The van der Waals surface area contributed by atoms with Crippen molar-refractivity contribution in [2.45, 2.75) is 13.0 Å². The van der Waals surface area contributed by atoms with Gasteiger partial charge in [0.05, 0.1) is 0 Å². The number of benzene rings is 2. The molecule has 0 aromatic heterocycles. The van der Waals surface area contributed by atoms with E-state index in [2.05, 4.69) is 5.32 Å². The van der Waals surface area contributed by atoms with Crippen LogP contribution in [0.5, 0.6) is 0 Å². The number of hydrogen-bond acceptors (Lipinski definition) is 3. The highest BCUT2D eigenvalue weighted by molar-refractivity contribution is 6.07. The van der Waals surface area contributed by atoms with Gasteiger partial charge in [-0.15, -0.1) is 12.4 Å². The lowest BCUT2D eigenvalue weighted by Crippen LogP contribution is -2.52. The molecule has 0 aliphatic carbocycles. The third kappa shape index (κ3) is 4.23. The normalized spacial score (nSPS) is 16.5. The maximum atomic E-state index is 12.8. The van der Waals surface area contributed by atoms with Crippen LogP contribution < -0.4 is 10.2 Å². The summed E-state index contributed by atoms with van der Waals surface area (Å²) in [5, 5.41) is 3.28. The first kappa shape index (κ1) is 19.9. The van der Waals surface area contributed by atoms with Crippen molar-refractivity contribution < 1.29 is 9.59 Å². The van der Waals surface area contributed by atoms with Gasteiger partial charge in [0, 0.05) is 49.5 Å². The Balaban J connectivity index is 0.00000243. The summed E-state index contributed by atoms with van der Waals surface area (Å²) in [6.07, 6.45) is 0. The summed E-state index contributed by atoms with van der Waals surface area (Å²) in [5.74, 6) is -0.153. The Morgan fingerprint density at radius 2 is 1.77 bits per heavy atom. The molecule has 0 radical (unpaired) electrons. The van der Waals surface area contributed by atoms with E-state index in [0.717, 1.165) is 18.8 Å². The topological polar surface area (TPSA) is 52.7 Å². The van der Waals surface area contributed by atoms with Gasteiger partial charge in [0.2, 0.25) is 0 Å². The quantitative estimate of drug-likeness (QED) is 0.900. The number of nitrogens with zero attached hydrogens (tertiary/aromatic N) is 2. The Kier molecular flexibility index (Phi) is 6.77. The first-order chi connectivity index (χ1) is 12.1. The number of para-hydroxylation sites is 1. The number of amides is 2. The van der Waals surface area contributed by atoms with Crippen LogP contribution in [0.3, 0.4) is 0 Å². The van der Waals surface area contributed by atoms with Gasteiger partial charge < -0.3 is 15.1 Å². The lowest BCUT2D eigenvalue weighted by Gasteiger charge is -2.34. The van der Waals surface area contributed by atoms with Crippen molar-refractivity contribution >= 4 is 29.9 Å². The smallest absolute Gasteiger partial charge is 0.258 e. The van der Waals surface area contributed by atoms with E-state index in [4.69, 9.17) is 0 Å². The predicted octanol–water partition coefficient (Wildman–Crippen LogP) is 2.82. The van der Waals surface area contributed by atoms with Crippen LogP contribution in [0.15, 0.2) is 54.6 Å². The average molecular weight is 374 g/mol. The van der Waals surface area contributed by atoms with Crippen LogP contribution in [0.2, 0.25) is 0 Å². The Labute approximate surface area is 160 Å². The van der Waals surface area contributed by atoms with Gasteiger partial charge in [0.15, 0.2) is 0 Å². The molecule has 1 aliphatic rings. The van der Waals surface area contributed by atoms with E-state index in [1.54, 1.807) is 36.2 Å². The Bertz CT molecular complexity index is 767. The van der Waals surface area contributed by atoms with E-state index >= 15 is 0 Å². The van der Waals surface area contributed by atoms with Crippen LogP contribution in [0.25, 0.3) is 0 Å². The van der Waals surface area contributed by atoms with Crippen LogP contribution in [-0.4, -0.2) is 49.4 Å². The third-order valence-corrected chi connectivity index (χ3v) is 4.57. The molecule has 0 bridgehead atoms. The van der Waals surface area contributed by atoms with Crippen molar-refractivity contribution in [2.24, 2.45) is 0 Å². The summed E-state index contributed by atoms with van der Waals surface area (Å²) in [7, 11) is 1.74. The zero-order valence-corrected chi connectivity index (χ0v) is 15.8. The number of nitrogens with one attached hydrogen (secondary N) is 1. The lowest BCUT2D eigenvalue weighted by atomic mass is 10.1. The van der Waals surface area contributed by atoms with Crippen molar-refractivity contribution in [3.8, 4) is 0 Å². The lowest BCUT2D eigenvalue weighted by molar-refractivity contribution is 0.0655. The van der Waals surface area contributed by atoms with E-state index in [0.29, 0.717) is 17.7 Å². The van der Waals surface area contributed by atoms with Gasteiger partial charge >= 0.3 is 0 Å². The van der Waals surface area contributed by atoms with Crippen LogP contribution in [-0.2, 0) is 0 Å². The maximum absolute atomic E-state index is 12.8. The second-order valence-corrected chi connectivity index (χ2v) is 6.33. The minimum Gasteiger partial charge on any atom is -0.333 e. The molecule has 0 unspecified atom stereocenters. The van der Waals surface area contributed by atoms with E-state index in [9.17, 15) is 9.59 Å². The average Bonchev–Trinajstić information content (AvgIpc) is 2.67. The molecule has 2 amide bonds. The minimum atomic E-state index is -0.130. The van der Waals surface area contributed by atoms with E-state index in [-0.39, 0.29) is 30.3 Å². The number of piperazine rings is 1. The van der Waals surface area contributed by atoms with Crippen molar-refractivity contribution in [2.75, 3.05) is 31.6 Å². The summed E-state index contributed by atoms with van der Waals surface area (Å²) in [4.78, 5) is 29.0. The molecule has 1 heterocycles. The summed E-state index contributed by atoms with van der Waals surface area (Å²) < 4.78 is 0. The molecule has 2 aromatic carbocycles. The molecule has 0 spiro atoms. The van der Waals surface area contributed by atoms with Gasteiger partial charge in [-0.3, -0.25) is 9.59 Å².